The van der Waals surface area contributed by atoms with Crippen molar-refractivity contribution in [3.8, 4) is 6.07 Å². The molecule has 2 aromatic rings. The van der Waals surface area contributed by atoms with Crippen molar-refractivity contribution in [2.24, 2.45) is 5.92 Å². The van der Waals surface area contributed by atoms with Crippen molar-refractivity contribution in [2.45, 2.75) is 27.7 Å². The lowest BCUT2D eigenvalue weighted by Gasteiger charge is -2.23. The number of benzene rings is 2. The molecule has 0 radical (unpaired) electrons. The lowest BCUT2D eigenvalue weighted by atomic mass is 9.97. The number of fused-ring (bicyclic) bond motifs is 1. The maximum atomic E-state index is 12.6. The number of amides is 1. The summed E-state index contributed by atoms with van der Waals surface area (Å²) >= 11 is 0. The van der Waals surface area contributed by atoms with Gasteiger partial charge >= 0.3 is 5.91 Å². The van der Waals surface area contributed by atoms with Crippen LogP contribution in [0.4, 0.5) is 5.69 Å². The largest absolute Gasteiger partial charge is 0.378 e. The van der Waals surface area contributed by atoms with E-state index in [1.54, 1.807) is 21.0 Å². The molecular formula is C24H34N3O2+. The van der Waals surface area contributed by atoms with Gasteiger partial charge < -0.3 is 10.0 Å². The molecule has 1 N–H and O–H groups in total. The molecule has 29 heavy (non-hydrogen) atoms. The predicted molar refractivity (Wildman–Crippen MR) is 121 cm³/mol. The molecule has 0 aliphatic heterocycles. The first-order valence-electron chi connectivity index (χ1n) is 9.75. The van der Waals surface area contributed by atoms with Crippen LogP contribution in [0.5, 0.6) is 0 Å². The molecule has 0 aromatic heterocycles. The third kappa shape index (κ3) is 6.42. The molecule has 0 heterocycles. The van der Waals surface area contributed by atoms with E-state index in [9.17, 15) is 15.2 Å². The molecule has 156 valence electrons. The van der Waals surface area contributed by atoms with E-state index in [4.69, 9.17) is 0 Å². The van der Waals surface area contributed by atoms with Gasteiger partial charge in [0, 0.05) is 19.8 Å². The van der Waals surface area contributed by atoms with Crippen molar-refractivity contribution in [1.29, 1.82) is 5.26 Å². The molecule has 5 heteroatoms. The number of carbonyl (C=O) groups is 1. The first-order valence-corrected chi connectivity index (χ1v) is 9.75. The van der Waals surface area contributed by atoms with Crippen molar-refractivity contribution in [2.75, 3.05) is 39.8 Å². The molecule has 0 aliphatic rings. The Labute approximate surface area is 175 Å². The fourth-order valence-corrected chi connectivity index (χ4v) is 2.55. The molecule has 0 saturated heterocycles. The summed E-state index contributed by atoms with van der Waals surface area (Å²) in [4.78, 5) is 14.6. The molecule has 0 aliphatic carbocycles. The Balaban J connectivity index is 0.000000960. The number of aliphatic hydroxyl groups is 1. The highest BCUT2D eigenvalue weighted by Gasteiger charge is 2.31. The number of hydrogen-bond donors (Lipinski definition) is 1. The summed E-state index contributed by atoms with van der Waals surface area (Å²) in [6.45, 7) is 7.91. The zero-order valence-electron chi connectivity index (χ0n) is 18.9. The van der Waals surface area contributed by atoms with Gasteiger partial charge in [-0.05, 0) is 52.9 Å². The van der Waals surface area contributed by atoms with Crippen LogP contribution >= 0.6 is 0 Å². The summed E-state index contributed by atoms with van der Waals surface area (Å²) in [5.74, 6) is 0.436. The number of nitrogens with zero attached hydrogens (tertiary/aromatic N) is 3. The summed E-state index contributed by atoms with van der Waals surface area (Å²) in [5.41, 5.74) is 2.63. The molecule has 0 bridgehead atoms. The van der Waals surface area contributed by atoms with Crippen LogP contribution in [-0.2, 0) is 4.79 Å². The van der Waals surface area contributed by atoms with Crippen LogP contribution in [0, 0.1) is 17.2 Å². The van der Waals surface area contributed by atoms with Gasteiger partial charge in [0.2, 0.25) is 0 Å². The van der Waals surface area contributed by atoms with Gasteiger partial charge in [-0.25, -0.2) is 9.28 Å². The van der Waals surface area contributed by atoms with E-state index < -0.39 is 5.91 Å². The minimum atomic E-state index is -0.398. The Kier molecular flexibility index (Phi) is 8.57. The number of carbonyl (C=O) groups excluding carboxylic acids is 1. The predicted octanol–water partition coefficient (Wildman–Crippen LogP) is 4.42. The molecule has 0 spiro atoms. The molecular weight excluding hydrogens is 362 g/mol. The third-order valence-corrected chi connectivity index (χ3v) is 4.38. The molecule has 0 fully saturated rings. The van der Waals surface area contributed by atoms with Crippen LogP contribution in [0.2, 0.25) is 0 Å². The SMILES string of the molecule is C/C(=C(/C#N)C(=O)[N+](C)(C)CO)c1ccc2cc(N(C)C)ccc2c1.CC(C)C. The molecule has 2 aromatic carbocycles. The maximum Gasteiger partial charge on any atom is 0.358 e. The Morgan fingerprint density at radius 1 is 1.10 bits per heavy atom. The smallest absolute Gasteiger partial charge is 0.358 e. The van der Waals surface area contributed by atoms with Gasteiger partial charge in [-0.15, -0.1) is 0 Å². The van der Waals surface area contributed by atoms with Crippen LogP contribution in [0.15, 0.2) is 42.0 Å². The number of aliphatic hydroxyl groups excluding tert-OH is 1. The molecule has 0 unspecified atom stereocenters. The highest BCUT2D eigenvalue weighted by Crippen LogP contribution is 2.27. The van der Waals surface area contributed by atoms with E-state index in [1.165, 1.54) is 0 Å². The number of likely N-dealkylation sites (N-methyl/N-ethyl adjacent to an activating group) is 1. The number of rotatable bonds is 4. The second-order valence-corrected chi connectivity index (χ2v) is 8.62. The van der Waals surface area contributed by atoms with Crippen molar-refractivity contribution in [3.63, 3.8) is 0 Å². The van der Waals surface area contributed by atoms with E-state index in [2.05, 4.69) is 26.8 Å². The van der Waals surface area contributed by atoms with Crippen LogP contribution in [0.3, 0.4) is 0 Å². The fraction of sp³-hybridized carbons (Fsp3) is 0.417. The minimum Gasteiger partial charge on any atom is -0.378 e. The van der Waals surface area contributed by atoms with Gasteiger partial charge in [0.25, 0.3) is 0 Å². The van der Waals surface area contributed by atoms with Gasteiger partial charge in [-0.2, -0.15) is 5.26 Å². The molecule has 2 rings (SSSR count). The van der Waals surface area contributed by atoms with E-state index in [-0.39, 0.29) is 16.8 Å². The summed E-state index contributed by atoms with van der Waals surface area (Å²) in [6.07, 6.45) is 0. The second-order valence-electron chi connectivity index (χ2n) is 8.62. The number of anilines is 1. The van der Waals surface area contributed by atoms with Gasteiger partial charge in [-0.1, -0.05) is 39.0 Å². The number of hydrogen-bond acceptors (Lipinski definition) is 4. The molecule has 0 saturated carbocycles. The van der Waals surface area contributed by atoms with E-state index in [1.807, 2.05) is 55.4 Å². The van der Waals surface area contributed by atoms with E-state index >= 15 is 0 Å². The van der Waals surface area contributed by atoms with E-state index in [0.29, 0.717) is 5.57 Å². The second kappa shape index (κ2) is 10.2. The zero-order chi connectivity index (χ0) is 22.4. The van der Waals surface area contributed by atoms with Crippen molar-refractivity contribution in [1.82, 2.24) is 0 Å². The Morgan fingerprint density at radius 2 is 1.62 bits per heavy atom. The first-order chi connectivity index (χ1) is 13.4. The summed E-state index contributed by atoms with van der Waals surface area (Å²) < 4.78 is -0.278. The summed E-state index contributed by atoms with van der Waals surface area (Å²) in [7, 11) is 7.15. The lowest BCUT2D eigenvalue weighted by molar-refractivity contribution is -0.832. The monoisotopic (exact) mass is 396 g/mol. The molecule has 1 amide bonds. The number of nitriles is 1. The highest BCUT2D eigenvalue weighted by molar-refractivity contribution is 6.01. The summed E-state index contributed by atoms with van der Waals surface area (Å²) in [5, 5.41) is 21.0. The number of quaternary nitrogens is 1. The van der Waals surface area contributed by atoms with Crippen LogP contribution in [-0.4, -0.2) is 50.4 Å². The third-order valence-electron chi connectivity index (χ3n) is 4.38. The van der Waals surface area contributed by atoms with Gasteiger partial charge in [0.1, 0.15) is 6.07 Å². The van der Waals surface area contributed by atoms with E-state index in [0.717, 1.165) is 27.9 Å². The van der Waals surface area contributed by atoms with Gasteiger partial charge in [0.05, 0.1) is 14.1 Å². The summed E-state index contributed by atoms with van der Waals surface area (Å²) in [6, 6.07) is 14.1. The first kappa shape index (κ1) is 24.4. The Hall–Kier alpha value is -2.68. The van der Waals surface area contributed by atoms with Crippen LogP contribution < -0.4 is 4.90 Å². The average Bonchev–Trinajstić information content (AvgIpc) is 2.66. The standard InChI is InChI=1S/C20H24N3O2.C4H10/c1-14(19(12-21)20(25)23(4,5)13-24)15-6-7-17-11-18(22(2)3)9-8-16(17)10-15;1-4(2)3/h6-11,24H,13H2,1-5H3;4H,1-3H3/q+1;/b19-14+;. The topological polar surface area (TPSA) is 64.3 Å². The highest BCUT2D eigenvalue weighted by atomic mass is 16.3. The van der Waals surface area contributed by atoms with Gasteiger partial charge in [-0.3, -0.25) is 0 Å². The van der Waals surface area contributed by atoms with Crippen molar-refractivity contribution >= 4 is 27.9 Å². The Bertz CT molecular complexity index is 932. The van der Waals surface area contributed by atoms with Crippen LogP contribution in [0.25, 0.3) is 16.3 Å². The zero-order valence-corrected chi connectivity index (χ0v) is 18.9. The minimum absolute atomic E-state index is 0.0725. The van der Waals surface area contributed by atoms with Crippen molar-refractivity contribution < 1.29 is 14.4 Å². The quantitative estimate of drug-likeness (QED) is 0.360. The lowest BCUT2D eigenvalue weighted by Crippen LogP contribution is -2.47. The van der Waals surface area contributed by atoms with Crippen LogP contribution in [0.1, 0.15) is 33.3 Å². The average molecular weight is 397 g/mol. The van der Waals surface area contributed by atoms with Gasteiger partial charge in [0.15, 0.2) is 12.3 Å². The normalized spacial score (nSPS) is 12.0. The molecule has 5 nitrogen and oxygen atoms in total. The molecule has 0 atom stereocenters. The fourth-order valence-electron chi connectivity index (χ4n) is 2.55. The Morgan fingerprint density at radius 3 is 2.10 bits per heavy atom. The van der Waals surface area contributed by atoms with Crippen molar-refractivity contribution in [3.05, 3.63) is 47.5 Å². The maximum absolute atomic E-state index is 12.6. The number of allylic oxidation sites excluding steroid dienone is 1.